The van der Waals surface area contributed by atoms with E-state index in [0.29, 0.717) is 5.56 Å². The lowest BCUT2D eigenvalue weighted by molar-refractivity contribution is -0.133. The molecule has 0 bridgehead atoms. The summed E-state index contributed by atoms with van der Waals surface area (Å²) in [6.45, 7) is 1.75. The molecule has 0 saturated heterocycles. The van der Waals surface area contributed by atoms with Gasteiger partial charge in [-0.15, -0.1) is 10.2 Å². The highest BCUT2D eigenvalue weighted by Gasteiger charge is 2.11. The zero-order chi connectivity index (χ0) is 13.1. The molecule has 0 aliphatic carbocycles. The highest BCUT2D eigenvalue weighted by Crippen LogP contribution is 2.24. The number of rotatable bonds is 4. The molecule has 18 heavy (non-hydrogen) atoms. The average Bonchev–Trinajstić information content (AvgIpc) is 2.73. The number of carbonyl (C=O) groups is 1. The fourth-order valence-corrected chi connectivity index (χ4v) is 1.85. The maximum atomic E-state index is 13.2. The molecule has 1 aromatic heterocycles. The number of halogens is 1. The second-order valence-corrected chi connectivity index (χ2v) is 4.50. The van der Waals surface area contributed by atoms with Gasteiger partial charge in [-0.1, -0.05) is 11.8 Å². The molecule has 0 aliphatic heterocycles. The van der Waals surface area contributed by atoms with Gasteiger partial charge in [-0.05, 0) is 30.7 Å². The predicted octanol–water partition coefficient (Wildman–Crippen LogP) is 2.36. The van der Waals surface area contributed by atoms with E-state index in [4.69, 9.17) is 9.52 Å². The maximum absolute atomic E-state index is 13.2. The molecule has 1 N–H and O–H groups in total. The van der Waals surface area contributed by atoms with Crippen molar-refractivity contribution in [3.05, 3.63) is 29.6 Å². The Labute approximate surface area is 106 Å². The van der Waals surface area contributed by atoms with Gasteiger partial charge < -0.3 is 9.52 Å². The quantitative estimate of drug-likeness (QED) is 0.858. The van der Waals surface area contributed by atoms with Crippen LogP contribution in [-0.4, -0.2) is 27.0 Å². The molecule has 0 saturated carbocycles. The summed E-state index contributed by atoms with van der Waals surface area (Å²) in [6.07, 6.45) is 0. The third-order valence-electron chi connectivity index (χ3n) is 2.01. The largest absolute Gasteiger partial charge is 0.481 e. The van der Waals surface area contributed by atoms with E-state index in [9.17, 15) is 9.18 Å². The van der Waals surface area contributed by atoms with Crippen molar-refractivity contribution in [2.24, 2.45) is 0 Å². The third kappa shape index (κ3) is 3.07. The molecule has 1 heterocycles. The molecule has 2 rings (SSSR count). The second-order valence-electron chi connectivity index (χ2n) is 3.57. The van der Waals surface area contributed by atoms with E-state index in [1.165, 1.54) is 12.1 Å². The molecule has 0 unspecified atom stereocenters. The van der Waals surface area contributed by atoms with Crippen molar-refractivity contribution in [1.82, 2.24) is 10.2 Å². The maximum Gasteiger partial charge on any atom is 0.314 e. The van der Waals surface area contributed by atoms with E-state index in [2.05, 4.69) is 10.2 Å². The summed E-state index contributed by atoms with van der Waals surface area (Å²) in [4.78, 5) is 10.4. The van der Waals surface area contributed by atoms with E-state index in [0.717, 1.165) is 17.3 Å². The van der Waals surface area contributed by atoms with Crippen LogP contribution in [0, 0.1) is 12.7 Å². The van der Waals surface area contributed by atoms with E-state index < -0.39 is 5.97 Å². The van der Waals surface area contributed by atoms with E-state index in [-0.39, 0.29) is 22.7 Å². The molecule has 0 amide bonds. The van der Waals surface area contributed by atoms with Crippen LogP contribution in [0.25, 0.3) is 11.5 Å². The minimum atomic E-state index is -0.971. The smallest absolute Gasteiger partial charge is 0.314 e. The number of thioether (sulfide) groups is 1. The van der Waals surface area contributed by atoms with Gasteiger partial charge in [0.2, 0.25) is 5.89 Å². The lowest BCUT2D eigenvalue weighted by Gasteiger charge is -1.97. The van der Waals surface area contributed by atoms with Gasteiger partial charge in [0.1, 0.15) is 11.6 Å². The van der Waals surface area contributed by atoms with Gasteiger partial charge in [-0.2, -0.15) is 0 Å². The molecule has 5 nitrogen and oxygen atoms in total. The monoisotopic (exact) mass is 268 g/mol. The van der Waals surface area contributed by atoms with Crippen molar-refractivity contribution in [2.75, 3.05) is 5.75 Å². The first-order chi connectivity index (χ1) is 8.54. The van der Waals surface area contributed by atoms with Crippen molar-refractivity contribution >= 4 is 17.7 Å². The highest BCUT2D eigenvalue weighted by molar-refractivity contribution is 7.99. The lowest BCUT2D eigenvalue weighted by atomic mass is 10.1. The molecule has 2 aromatic rings. The number of nitrogens with zero attached hydrogens (tertiary/aromatic N) is 2. The fraction of sp³-hybridized carbons (Fsp3) is 0.182. The Bertz CT molecular complexity index is 565. The minimum Gasteiger partial charge on any atom is -0.481 e. The molecular weight excluding hydrogens is 259 g/mol. The summed E-state index contributed by atoms with van der Waals surface area (Å²) in [5, 5.41) is 16.1. The van der Waals surface area contributed by atoms with Gasteiger partial charge in [0.25, 0.3) is 5.22 Å². The first-order valence-electron chi connectivity index (χ1n) is 5.00. The van der Waals surface area contributed by atoms with Gasteiger partial charge >= 0.3 is 5.97 Å². The van der Waals surface area contributed by atoms with Gasteiger partial charge in [0.15, 0.2) is 0 Å². The zero-order valence-electron chi connectivity index (χ0n) is 9.38. The Morgan fingerprint density at radius 3 is 2.89 bits per heavy atom. The van der Waals surface area contributed by atoms with Crippen molar-refractivity contribution in [3.8, 4) is 11.5 Å². The zero-order valence-corrected chi connectivity index (χ0v) is 10.2. The van der Waals surface area contributed by atoms with Crippen LogP contribution in [0.5, 0.6) is 0 Å². The Kier molecular flexibility index (Phi) is 3.61. The lowest BCUT2D eigenvalue weighted by Crippen LogP contribution is -1.97. The molecule has 0 radical (unpaired) electrons. The Morgan fingerprint density at radius 2 is 2.22 bits per heavy atom. The Hall–Kier alpha value is -1.89. The molecule has 0 fully saturated rings. The SMILES string of the molecule is Cc1cc(F)cc(-c2nnc(SCC(=O)O)o2)c1. The van der Waals surface area contributed by atoms with Crippen molar-refractivity contribution in [2.45, 2.75) is 12.1 Å². The first-order valence-corrected chi connectivity index (χ1v) is 5.99. The minimum absolute atomic E-state index is 0.148. The first kappa shape index (κ1) is 12.6. The van der Waals surface area contributed by atoms with Gasteiger partial charge in [0, 0.05) is 5.56 Å². The summed E-state index contributed by atoms with van der Waals surface area (Å²) in [5.41, 5.74) is 1.21. The van der Waals surface area contributed by atoms with Gasteiger partial charge in [-0.3, -0.25) is 4.79 Å². The van der Waals surface area contributed by atoms with Crippen LogP contribution in [0.1, 0.15) is 5.56 Å². The summed E-state index contributed by atoms with van der Waals surface area (Å²) >= 11 is 0.919. The molecule has 0 spiro atoms. The molecule has 94 valence electrons. The van der Waals surface area contributed by atoms with Crippen LogP contribution in [0.15, 0.2) is 27.8 Å². The number of hydrogen-bond donors (Lipinski definition) is 1. The standard InChI is InChI=1S/C11H9FN2O3S/c1-6-2-7(4-8(12)3-6)10-13-14-11(17-10)18-5-9(15)16/h2-4H,5H2,1H3,(H,15,16). The summed E-state index contributed by atoms with van der Waals surface area (Å²) < 4.78 is 18.4. The Morgan fingerprint density at radius 1 is 1.44 bits per heavy atom. The number of benzene rings is 1. The van der Waals surface area contributed by atoms with Crippen LogP contribution >= 0.6 is 11.8 Å². The molecule has 7 heteroatoms. The number of carboxylic acids is 1. The topological polar surface area (TPSA) is 76.2 Å². The van der Waals surface area contributed by atoms with E-state index >= 15 is 0 Å². The van der Waals surface area contributed by atoms with Crippen molar-refractivity contribution in [1.29, 1.82) is 0 Å². The Balaban J connectivity index is 2.21. The van der Waals surface area contributed by atoms with Crippen LogP contribution in [0.3, 0.4) is 0 Å². The summed E-state index contributed by atoms with van der Waals surface area (Å²) in [7, 11) is 0. The number of hydrogen-bond acceptors (Lipinski definition) is 5. The normalized spacial score (nSPS) is 10.6. The third-order valence-corrected chi connectivity index (χ3v) is 2.82. The van der Waals surface area contributed by atoms with E-state index in [1.54, 1.807) is 13.0 Å². The number of aryl methyl sites for hydroxylation is 1. The number of aromatic nitrogens is 2. The van der Waals surface area contributed by atoms with Crippen LogP contribution in [0.2, 0.25) is 0 Å². The predicted molar refractivity (Wildman–Crippen MR) is 62.8 cm³/mol. The molecule has 1 aromatic carbocycles. The van der Waals surface area contributed by atoms with Crippen LogP contribution < -0.4 is 0 Å². The van der Waals surface area contributed by atoms with E-state index in [1.807, 2.05) is 0 Å². The summed E-state index contributed by atoms with van der Waals surface area (Å²) in [6, 6.07) is 4.38. The van der Waals surface area contributed by atoms with Gasteiger partial charge in [-0.25, -0.2) is 4.39 Å². The molecule has 0 atom stereocenters. The average molecular weight is 268 g/mol. The summed E-state index contributed by atoms with van der Waals surface area (Å²) in [5.74, 6) is -1.35. The second kappa shape index (κ2) is 5.18. The molecule has 0 aliphatic rings. The van der Waals surface area contributed by atoms with Crippen molar-refractivity contribution < 1.29 is 18.7 Å². The number of aliphatic carboxylic acids is 1. The van der Waals surface area contributed by atoms with Crippen molar-refractivity contribution in [3.63, 3.8) is 0 Å². The van der Waals surface area contributed by atoms with Gasteiger partial charge in [0.05, 0.1) is 0 Å². The fourth-order valence-electron chi connectivity index (χ4n) is 1.37. The number of carboxylic acid groups (broad SMARTS) is 1. The van der Waals surface area contributed by atoms with Crippen LogP contribution in [-0.2, 0) is 4.79 Å². The highest BCUT2D eigenvalue weighted by atomic mass is 32.2. The molecular formula is C11H9FN2O3S. The van der Waals surface area contributed by atoms with Crippen LogP contribution in [0.4, 0.5) is 4.39 Å².